The van der Waals surface area contributed by atoms with Gasteiger partial charge in [0.1, 0.15) is 4.90 Å². The summed E-state index contributed by atoms with van der Waals surface area (Å²) in [5.74, 6) is -0.115. The number of carbonyl (C=O) groups is 1. The van der Waals surface area contributed by atoms with Crippen molar-refractivity contribution in [1.29, 1.82) is 0 Å². The molecule has 3 aromatic rings. The van der Waals surface area contributed by atoms with E-state index in [1.54, 1.807) is 6.07 Å². The summed E-state index contributed by atoms with van der Waals surface area (Å²) in [6, 6.07) is 13.1. The molecule has 0 aliphatic carbocycles. The maximum Gasteiger partial charge on any atom is 0.251 e. The first-order valence-electron chi connectivity index (χ1n) is 10.7. The number of sulfonamides is 1. The summed E-state index contributed by atoms with van der Waals surface area (Å²) in [6.07, 6.45) is 1.64. The molecule has 33 heavy (non-hydrogen) atoms. The molecule has 4 rings (SSSR count). The molecule has 1 fully saturated rings. The summed E-state index contributed by atoms with van der Waals surface area (Å²) in [5, 5.41) is 15.5. The van der Waals surface area contributed by atoms with E-state index in [1.165, 1.54) is 21.2 Å². The van der Waals surface area contributed by atoms with E-state index in [0.29, 0.717) is 24.6 Å². The Balaban J connectivity index is 1.58. The smallest absolute Gasteiger partial charge is 0.251 e. The molecule has 1 unspecified atom stereocenters. The third kappa shape index (κ3) is 4.92. The fourth-order valence-corrected chi connectivity index (χ4v) is 5.80. The molecule has 0 spiro atoms. The van der Waals surface area contributed by atoms with E-state index in [4.69, 9.17) is 11.6 Å². The minimum absolute atomic E-state index is 0.0183. The Bertz CT molecular complexity index is 1240. The van der Waals surface area contributed by atoms with E-state index >= 15 is 0 Å². The van der Waals surface area contributed by atoms with Crippen LogP contribution >= 0.6 is 11.6 Å². The van der Waals surface area contributed by atoms with Crippen molar-refractivity contribution in [3.05, 3.63) is 53.6 Å². The van der Waals surface area contributed by atoms with Crippen LogP contribution in [0.2, 0.25) is 5.02 Å². The summed E-state index contributed by atoms with van der Waals surface area (Å²) in [4.78, 5) is 14.4. The van der Waals surface area contributed by atoms with Gasteiger partial charge in [0.25, 0.3) is 5.91 Å². The topological polar surface area (TPSA) is 110 Å². The van der Waals surface area contributed by atoms with Gasteiger partial charge in [0.2, 0.25) is 15.8 Å². The minimum Gasteiger partial charge on any atom is -0.324 e. The second-order valence-corrected chi connectivity index (χ2v) is 10.5. The van der Waals surface area contributed by atoms with Crippen LogP contribution in [0.4, 0.5) is 5.69 Å². The second-order valence-electron chi connectivity index (χ2n) is 8.23. The average Bonchev–Trinajstić information content (AvgIpc) is 3.48. The lowest BCUT2D eigenvalue weighted by molar-refractivity contribution is -0.121. The van der Waals surface area contributed by atoms with E-state index in [9.17, 15) is 13.2 Å². The van der Waals surface area contributed by atoms with Crippen LogP contribution in [0.1, 0.15) is 32.7 Å². The Hall–Kier alpha value is -2.82. The number of rotatable bonds is 7. The van der Waals surface area contributed by atoms with Crippen LogP contribution in [0, 0.1) is 5.92 Å². The van der Waals surface area contributed by atoms with Gasteiger partial charge >= 0.3 is 0 Å². The SMILES string of the molecule is CC(C)C(C(=O)Nc1ccc(Cl)c(S(=O)(=O)N2CCCC2)c1)n1nnc(-c2ccccc2)n1. The van der Waals surface area contributed by atoms with Crippen LogP contribution in [0.25, 0.3) is 11.4 Å². The number of hydrogen-bond donors (Lipinski definition) is 1. The van der Waals surface area contributed by atoms with Crippen molar-refractivity contribution in [3.8, 4) is 11.4 Å². The van der Waals surface area contributed by atoms with Crippen LogP contribution in [-0.4, -0.2) is 51.9 Å². The fourth-order valence-electron chi connectivity index (χ4n) is 3.78. The summed E-state index contributed by atoms with van der Waals surface area (Å²) >= 11 is 6.21. The predicted molar refractivity (Wildman–Crippen MR) is 125 cm³/mol. The maximum absolute atomic E-state index is 13.2. The molecule has 1 amide bonds. The Morgan fingerprint density at radius 2 is 1.79 bits per heavy atom. The number of amides is 1. The number of anilines is 1. The lowest BCUT2D eigenvalue weighted by Gasteiger charge is -2.20. The lowest BCUT2D eigenvalue weighted by Crippen LogP contribution is -2.32. The third-order valence-corrected chi connectivity index (χ3v) is 7.87. The zero-order valence-electron chi connectivity index (χ0n) is 18.3. The van der Waals surface area contributed by atoms with E-state index < -0.39 is 16.1 Å². The summed E-state index contributed by atoms with van der Waals surface area (Å²) < 4.78 is 27.4. The lowest BCUT2D eigenvalue weighted by atomic mass is 10.0. The number of benzene rings is 2. The Morgan fingerprint density at radius 1 is 1.09 bits per heavy atom. The summed E-state index contributed by atoms with van der Waals surface area (Å²) in [7, 11) is -3.73. The van der Waals surface area contributed by atoms with Gasteiger partial charge in [-0.15, -0.1) is 10.2 Å². The van der Waals surface area contributed by atoms with Gasteiger partial charge in [-0.25, -0.2) is 8.42 Å². The van der Waals surface area contributed by atoms with Gasteiger partial charge in [-0.1, -0.05) is 55.8 Å². The zero-order chi connectivity index (χ0) is 23.6. The minimum atomic E-state index is -3.73. The first-order valence-corrected chi connectivity index (χ1v) is 12.5. The molecule has 0 saturated carbocycles. The maximum atomic E-state index is 13.2. The molecule has 0 radical (unpaired) electrons. The number of hydrogen-bond acceptors (Lipinski definition) is 6. The van der Waals surface area contributed by atoms with Crippen LogP contribution < -0.4 is 5.32 Å². The molecule has 1 N–H and O–H groups in total. The molecule has 1 aliphatic rings. The van der Waals surface area contributed by atoms with Crippen molar-refractivity contribution in [3.63, 3.8) is 0 Å². The molecule has 0 bridgehead atoms. The van der Waals surface area contributed by atoms with E-state index in [-0.39, 0.29) is 21.7 Å². The molecule has 1 atom stereocenters. The predicted octanol–water partition coefficient (Wildman–Crippen LogP) is 3.61. The second kappa shape index (κ2) is 9.58. The molecule has 11 heteroatoms. The zero-order valence-corrected chi connectivity index (χ0v) is 19.9. The van der Waals surface area contributed by atoms with Gasteiger partial charge in [-0.2, -0.15) is 9.10 Å². The van der Waals surface area contributed by atoms with Crippen molar-refractivity contribution in [2.24, 2.45) is 5.92 Å². The van der Waals surface area contributed by atoms with E-state index in [0.717, 1.165) is 18.4 Å². The van der Waals surface area contributed by atoms with Gasteiger partial charge in [0.15, 0.2) is 6.04 Å². The van der Waals surface area contributed by atoms with Crippen molar-refractivity contribution < 1.29 is 13.2 Å². The molecule has 2 heterocycles. The molecule has 1 saturated heterocycles. The highest BCUT2D eigenvalue weighted by Crippen LogP contribution is 2.30. The van der Waals surface area contributed by atoms with Gasteiger partial charge in [-0.05, 0) is 42.2 Å². The summed E-state index contributed by atoms with van der Waals surface area (Å²) in [5.41, 5.74) is 1.12. The highest BCUT2D eigenvalue weighted by atomic mass is 35.5. The van der Waals surface area contributed by atoms with Crippen molar-refractivity contribution in [2.45, 2.75) is 37.6 Å². The van der Waals surface area contributed by atoms with Gasteiger partial charge in [0.05, 0.1) is 5.02 Å². The number of aromatic nitrogens is 4. The number of nitrogens with zero attached hydrogens (tertiary/aromatic N) is 5. The average molecular weight is 489 g/mol. The molecule has 1 aliphatic heterocycles. The highest BCUT2D eigenvalue weighted by molar-refractivity contribution is 7.89. The fraction of sp³-hybridized carbons (Fsp3) is 0.364. The summed E-state index contributed by atoms with van der Waals surface area (Å²) in [6.45, 7) is 4.68. The Kier molecular flexibility index (Phi) is 6.78. The van der Waals surface area contributed by atoms with Crippen molar-refractivity contribution in [1.82, 2.24) is 24.5 Å². The van der Waals surface area contributed by atoms with E-state index in [1.807, 2.05) is 44.2 Å². The Morgan fingerprint density at radius 3 is 2.45 bits per heavy atom. The molecule has 9 nitrogen and oxygen atoms in total. The van der Waals surface area contributed by atoms with Crippen molar-refractivity contribution >= 4 is 33.2 Å². The number of nitrogens with one attached hydrogen (secondary N) is 1. The van der Waals surface area contributed by atoms with Crippen LogP contribution in [-0.2, 0) is 14.8 Å². The van der Waals surface area contributed by atoms with Crippen LogP contribution in [0.3, 0.4) is 0 Å². The first kappa shape index (κ1) is 23.3. The highest BCUT2D eigenvalue weighted by Gasteiger charge is 2.31. The number of halogens is 1. The van der Waals surface area contributed by atoms with Crippen LogP contribution in [0.15, 0.2) is 53.4 Å². The Labute approximate surface area is 197 Å². The standard InChI is InChI=1S/C22H25ClN6O3S/c1-15(2)20(29-26-21(25-27-29)16-8-4-3-5-9-16)22(30)24-17-10-11-18(23)19(14-17)33(31,32)28-12-6-7-13-28/h3-5,8-11,14-15,20H,6-7,12-13H2,1-2H3,(H,24,30). The van der Waals surface area contributed by atoms with Crippen LogP contribution in [0.5, 0.6) is 0 Å². The monoisotopic (exact) mass is 488 g/mol. The third-order valence-electron chi connectivity index (χ3n) is 5.49. The molecule has 1 aromatic heterocycles. The number of carbonyl (C=O) groups excluding carboxylic acids is 1. The molecular weight excluding hydrogens is 464 g/mol. The largest absolute Gasteiger partial charge is 0.324 e. The van der Waals surface area contributed by atoms with Crippen molar-refractivity contribution in [2.75, 3.05) is 18.4 Å². The molecular formula is C22H25ClN6O3S. The number of tetrazole rings is 1. The first-order chi connectivity index (χ1) is 15.8. The molecule has 174 valence electrons. The van der Waals surface area contributed by atoms with E-state index in [2.05, 4.69) is 20.7 Å². The normalized spacial score (nSPS) is 15.6. The molecule has 2 aromatic carbocycles. The van der Waals surface area contributed by atoms with Gasteiger partial charge in [-0.3, -0.25) is 4.79 Å². The van der Waals surface area contributed by atoms with Gasteiger partial charge < -0.3 is 5.32 Å². The van der Waals surface area contributed by atoms with Gasteiger partial charge in [0, 0.05) is 24.3 Å². The quantitative estimate of drug-likeness (QED) is 0.544.